The fraction of sp³-hybridized carbons (Fsp3) is 1.00. The number of nitrogens with zero attached hydrogens (tertiary/aromatic N) is 1. The lowest BCUT2D eigenvalue weighted by Gasteiger charge is -2.32. The van der Waals surface area contributed by atoms with E-state index in [1.54, 1.807) is 0 Å². The largest absolute Gasteiger partial charge is 0.378 e. The molecular formula is C13H28N2O. The van der Waals surface area contributed by atoms with Gasteiger partial charge in [0.2, 0.25) is 0 Å². The minimum atomic E-state index is 0.520. The highest BCUT2D eigenvalue weighted by Crippen LogP contribution is 2.06. The van der Waals surface area contributed by atoms with Crippen molar-refractivity contribution in [3.63, 3.8) is 0 Å². The molecule has 16 heavy (non-hydrogen) atoms. The third kappa shape index (κ3) is 5.83. The molecule has 0 aromatic heterocycles. The molecule has 1 aliphatic heterocycles. The molecule has 3 nitrogen and oxygen atoms in total. The predicted molar refractivity (Wildman–Crippen MR) is 68.7 cm³/mol. The summed E-state index contributed by atoms with van der Waals surface area (Å²) < 4.78 is 5.50. The first kappa shape index (κ1) is 13.9. The van der Waals surface area contributed by atoms with Crippen LogP contribution in [-0.2, 0) is 4.74 Å². The summed E-state index contributed by atoms with van der Waals surface area (Å²) in [5.74, 6) is 1.48. The summed E-state index contributed by atoms with van der Waals surface area (Å²) in [6, 6.07) is 0.520. The summed E-state index contributed by atoms with van der Waals surface area (Å²) >= 11 is 0. The van der Waals surface area contributed by atoms with Crippen molar-refractivity contribution >= 4 is 0 Å². The summed E-state index contributed by atoms with van der Waals surface area (Å²) in [5.41, 5.74) is 0. The van der Waals surface area contributed by atoms with E-state index in [1.807, 2.05) is 0 Å². The van der Waals surface area contributed by atoms with Gasteiger partial charge in [-0.3, -0.25) is 0 Å². The van der Waals surface area contributed by atoms with E-state index >= 15 is 0 Å². The van der Waals surface area contributed by atoms with Crippen LogP contribution >= 0.6 is 0 Å². The molecule has 0 aliphatic carbocycles. The number of nitrogens with one attached hydrogen (secondary N) is 1. The maximum atomic E-state index is 5.50. The molecule has 1 rings (SSSR count). The minimum absolute atomic E-state index is 0.520. The first-order chi connectivity index (χ1) is 7.58. The van der Waals surface area contributed by atoms with Gasteiger partial charge < -0.3 is 15.0 Å². The number of rotatable bonds is 6. The van der Waals surface area contributed by atoms with Gasteiger partial charge in [-0.25, -0.2) is 0 Å². The average Bonchev–Trinajstić information content (AvgIpc) is 2.16. The molecule has 1 N–H and O–H groups in total. The Morgan fingerprint density at radius 2 is 1.81 bits per heavy atom. The lowest BCUT2D eigenvalue weighted by molar-refractivity contribution is 0.0580. The van der Waals surface area contributed by atoms with E-state index in [-0.39, 0.29) is 0 Å². The van der Waals surface area contributed by atoms with Gasteiger partial charge in [-0.15, -0.1) is 0 Å². The second-order valence-electron chi connectivity index (χ2n) is 5.73. The first-order valence-electron chi connectivity index (χ1n) is 6.61. The number of hydrogen-bond acceptors (Lipinski definition) is 3. The van der Waals surface area contributed by atoms with Crippen molar-refractivity contribution < 1.29 is 4.74 Å². The van der Waals surface area contributed by atoms with Crippen LogP contribution in [0.5, 0.6) is 0 Å². The molecule has 1 heterocycles. The van der Waals surface area contributed by atoms with E-state index in [2.05, 4.69) is 37.9 Å². The Labute approximate surface area is 101 Å². The Morgan fingerprint density at radius 3 is 2.25 bits per heavy atom. The number of hydrogen-bond donors (Lipinski definition) is 1. The molecule has 3 heteroatoms. The molecule has 0 radical (unpaired) electrons. The molecule has 1 saturated heterocycles. The summed E-state index contributed by atoms with van der Waals surface area (Å²) in [4.78, 5) is 2.57. The van der Waals surface area contributed by atoms with Crippen LogP contribution in [-0.4, -0.2) is 50.3 Å². The predicted octanol–water partition coefficient (Wildman–Crippen LogP) is 1.59. The molecule has 0 aromatic carbocycles. The summed E-state index contributed by atoms with van der Waals surface area (Å²) in [6.45, 7) is 15.4. The molecule has 96 valence electrons. The van der Waals surface area contributed by atoms with Crippen LogP contribution in [0.25, 0.3) is 0 Å². The monoisotopic (exact) mass is 228 g/mol. The molecular weight excluding hydrogens is 200 g/mol. The molecule has 0 saturated carbocycles. The van der Waals surface area contributed by atoms with Crippen LogP contribution in [0.15, 0.2) is 0 Å². The SMILES string of the molecule is CC(C)CN(CC(C)C)CC1COCCN1. The lowest BCUT2D eigenvalue weighted by atomic mass is 10.1. The van der Waals surface area contributed by atoms with Gasteiger partial charge in [0.05, 0.1) is 13.2 Å². The Balaban J connectivity index is 2.35. The zero-order valence-electron chi connectivity index (χ0n) is 11.3. The smallest absolute Gasteiger partial charge is 0.0632 e. The van der Waals surface area contributed by atoms with Crippen molar-refractivity contribution in [1.82, 2.24) is 10.2 Å². The zero-order valence-corrected chi connectivity index (χ0v) is 11.3. The third-order valence-electron chi connectivity index (χ3n) is 2.72. The van der Waals surface area contributed by atoms with Gasteiger partial charge in [-0.05, 0) is 11.8 Å². The molecule has 0 bridgehead atoms. The summed E-state index contributed by atoms with van der Waals surface area (Å²) in [7, 11) is 0. The summed E-state index contributed by atoms with van der Waals surface area (Å²) in [5, 5.41) is 3.53. The van der Waals surface area contributed by atoms with Crippen molar-refractivity contribution in [2.45, 2.75) is 33.7 Å². The van der Waals surface area contributed by atoms with Crippen molar-refractivity contribution in [2.75, 3.05) is 39.4 Å². The Kier molecular flexibility index (Phi) is 6.32. The van der Waals surface area contributed by atoms with Crippen LogP contribution in [0.4, 0.5) is 0 Å². The normalized spacial score (nSPS) is 22.3. The van der Waals surface area contributed by atoms with Crippen molar-refractivity contribution in [1.29, 1.82) is 0 Å². The fourth-order valence-electron chi connectivity index (χ4n) is 2.31. The summed E-state index contributed by atoms with van der Waals surface area (Å²) in [6.07, 6.45) is 0. The molecule has 1 unspecified atom stereocenters. The van der Waals surface area contributed by atoms with Crippen molar-refractivity contribution in [3.8, 4) is 0 Å². The number of morpholine rings is 1. The van der Waals surface area contributed by atoms with Gasteiger partial charge in [0, 0.05) is 32.2 Å². The molecule has 1 aliphatic rings. The van der Waals surface area contributed by atoms with E-state index in [9.17, 15) is 0 Å². The van der Waals surface area contributed by atoms with E-state index in [0.717, 1.165) is 38.1 Å². The van der Waals surface area contributed by atoms with Crippen LogP contribution in [0.3, 0.4) is 0 Å². The zero-order chi connectivity index (χ0) is 12.0. The molecule has 0 amide bonds. The van der Waals surface area contributed by atoms with Gasteiger partial charge in [0.1, 0.15) is 0 Å². The van der Waals surface area contributed by atoms with E-state index in [0.29, 0.717) is 6.04 Å². The molecule has 0 aromatic rings. The van der Waals surface area contributed by atoms with Crippen LogP contribution in [0.2, 0.25) is 0 Å². The van der Waals surface area contributed by atoms with Crippen LogP contribution in [0.1, 0.15) is 27.7 Å². The lowest BCUT2D eigenvalue weighted by Crippen LogP contribution is -2.49. The van der Waals surface area contributed by atoms with Gasteiger partial charge in [-0.2, -0.15) is 0 Å². The van der Waals surface area contributed by atoms with Gasteiger partial charge in [-0.1, -0.05) is 27.7 Å². The number of ether oxygens (including phenoxy) is 1. The fourth-order valence-corrected chi connectivity index (χ4v) is 2.31. The highest BCUT2D eigenvalue weighted by Gasteiger charge is 2.18. The van der Waals surface area contributed by atoms with Crippen LogP contribution in [0, 0.1) is 11.8 Å². The Hall–Kier alpha value is -0.120. The van der Waals surface area contributed by atoms with E-state index < -0.39 is 0 Å². The standard InChI is InChI=1S/C13H28N2O/c1-11(2)7-15(8-12(3)4)9-13-10-16-6-5-14-13/h11-14H,5-10H2,1-4H3. The average molecular weight is 228 g/mol. The second kappa shape index (κ2) is 7.25. The highest BCUT2D eigenvalue weighted by atomic mass is 16.5. The molecule has 1 atom stereocenters. The second-order valence-corrected chi connectivity index (χ2v) is 5.73. The van der Waals surface area contributed by atoms with Crippen molar-refractivity contribution in [3.05, 3.63) is 0 Å². The Morgan fingerprint density at radius 1 is 1.19 bits per heavy atom. The first-order valence-corrected chi connectivity index (χ1v) is 6.61. The molecule has 1 fully saturated rings. The van der Waals surface area contributed by atoms with Crippen molar-refractivity contribution in [2.24, 2.45) is 11.8 Å². The maximum Gasteiger partial charge on any atom is 0.0632 e. The quantitative estimate of drug-likeness (QED) is 0.747. The Bertz CT molecular complexity index is 167. The van der Waals surface area contributed by atoms with E-state index in [4.69, 9.17) is 4.74 Å². The van der Waals surface area contributed by atoms with Gasteiger partial charge >= 0.3 is 0 Å². The van der Waals surface area contributed by atoms with E-state index in [1.165, 1.54) is 13.1 Å². The maximum absolute atomic E-state index is 5.50. The highest BCUT2D eigenvalue weighted by molar-refractivity contribution is 4.75. The topological polar surface area (TPSA) is 24.5 Å². The minimum Gasteiger partial charge on any atom is -0.378 e. The molecule has 0 spiro atoms. The van der Waals surface area contributed by atoms with Gasteiger partial charge in [0.15, 0.2) is 0 Å². The third-order valence-corrected chi connectivity index (χ3v) is 2.72. The van der Waals surface area contributed by atoms with Crippen LogP contribution < -0.4 is 5.32 Å². The van der Waals surface area contributed by atoms with Gasteiger partial charge in [0.25, 0.3) is 0 Å².